The quantitative estimate of drug-likeness (QED) is 0.688. The van der Waals surface area contributed by atoms with Gasteiger partial charge in [-0.1, -0.05) is 37.6 Å². The van der Waals surface area contributed by atoms with Crippen LogP contribution in [0.2, 0.25) is 5.02 Å². The molecule has 6 heteroatoms. The molecule has 0 unspecified atom stereocenters. The Hall–Kier alpha value is -2.79. The van der Waals surface area contributed by atoms with Crippen LogP contribution in [0, 0.1) is 5.92 Å². The number of furan rings is 1. The summed E-state index contributed by atoms with van der Waals surface area (Å²) in [5, 5.41) is 7.02. The molecule has 2 amide bonds. The lowest BCUT2D eigenvalue weighted by Crippen LogP contribution is -2.22. The Morgan fingerprint density at radius 3 is 2.50 bits per heavy atom. The molecule has 1 aromatic heterocycles. The van der Waals surface area contributed by atoms with Gasteiger partial charge < -0.3 is 15.1 Å². The fourth-order valence-corrected chi connectivity index (χ4v) is 2.57. The van der Waals surface area contributed by atoms with Crippen LogP contribution >= 0.6 is 11.6 Å². The number of carbonyl (C=O) groups excluding carboxylic acids is 2. The summed E-state index contributed by atoms with van der Waals surface area (Å²) < 4.78 is 5.54. The van der Waals surface area contributed by atoms with Crippen molar-refractivity contribution in [3.63, 3.8) is 0 Å². The van der Waals surface area contributed by atoms with Crippen LogP contribution in [0.5, 0.6) is 0 Å². The van der Waals surface area contributed by atoms with Crippen LogP contribution in [0.15, 0.2) is 52.9 Å². The first-order chi connectivity index (χ1) is 12.4. The largest absolute Gasteiger partial charge is 0.451 e. The van der Waals surface area contributed by atoms with Gasteiger partial charge in [0.25, 0.3) is 5.91 Å². The number of carbonyl (C=O) groups is 2. The van der Waals surface area contributed by atoms with Crippen molar-refractivity contribution in [2.75, 3.05) is 5.32 Å². The smallest absolute Gasteiger partial charge is 0.287 e. The Labute approximate surface area is 156 Å². The van der Waals surface area contributed by atoms with Crippen LogP contribution < -0.4 is 10.6 Å². The monoisotopic (exact) mass is 370 g/mol. The van der Waals surface area contributed by atoms with E-state index in [1.54, 1.807) is 24.3 Å². The maximum Gasteiger partial charge on any atom is 0.287 e. The Morgan fingerprint density at radius 1 is 1.08 bits per heavy atom. The van der Waals surface area contributed by atoms with Gasteiger partial charge in [-0.2, -0.15) is 0 Å². The Morgan fingerprint density at radius 2 is 1.81 bits per heavy atom. The predicted octanol–water partition coefficient (Wildman–Crippen LogP) is 4.61. The Bertz CT molecular complexity index is 945. The number of hydrogen-bond acceptors (Lipinski definition) is 3. The maximum absolute atomic E-state index is 12.3. The number of rotatable bonds is 5. The molecular weight excluding hydrogens is 352 g/mol. The van der Waals surface area contributed by atoms with Crippen LogP contribution in [0.1, 0.15) is 30.0 Å². The van der Waals surface area contributed by atoms with Gasteiger partial charge in [0.15, 0.2) is 5.76 Å². The maximum atomic E-state index is 12.3. The molecule has 0 bridgehead atoms. The molecule has 0 aliphatic carbocycles. The highest BCUT2D eigenvalue weighted by Gasteiger charge is 2.12. The van der Waals surface area contributed by atoms with Crippen molar-refractivity contribution < 1.29 is 14.0 Å². The lowest BCUT2D eigenvalue weighted by atomic mass is 10.1. The molecule has 0 aliphatic rings. The average molecular weight is 371 g/mol. The van der Waals surface area contributed by atoms with E-state index >= 15 is 0 Å². The Balaban J connectivity index is 1.60. The predicted molar refractivity (Wildman–Crippen MR) is 102 cm³/mol. The summed E-state index contributed by atoms with van der Waals surface area (Å²) in [4.78, 5) is 23.9. The zero-order chi connectivity index (χ0) is 18.7. The highest BCUT2D eigenvalue weighted by Crippen LogP contribution is 2.23. The second-order valence-electron chi connectivity index (χ2n) is 6.32. The van der Waals surface area contributed by atoms with Crippen LogP contribution in [-0.2, 0) is 11.3 Å². The molecule has 0 spiro atoms. The van der Waals surface area contributed by atoms with E-state index in [0.29, 0.717) is 17.2 Å². The van der Waals surface area contributed by atoms with Gasteiger partial charge in [-0.05, 0) is 42.0 Å². The van der Waals surface area contributed by atoms with E-state index in [1.807, 2.05) is 38.1 Å². The number of fused-ring (bicyclic) bond motifs is 1. The van der Waals surface area contributed by atoms with Crippen molar-refractivity contribution >= 4 is 40.1 Å². The van der Waals surface area contributed by atoms with Crippen molar-refractivity contribution in [3.8, 4) is 0 Å². The SMILES string of the molecule is CC(C)C(=O)Nc1ccc(CNC(=O)c2cc3cc(Cl)ccc3o2)cc1. The molecule has 0 saturated carbocycles. The van der Waals surface area contributed by atoms with Crippen molar-refractivity contribution in [2.24, 2.45) is 5.92 Å². The molecule has 26 heavy (non-hydrogen) atoms. The summed E-state index contributed by atoms with van der Waals surface area (Å²) >= 11 is 5.94. The zero-order valence-electron chi connectivity index (χ0n) is 14.5. The summed E-state index contributed by atoms with van der Waals surface area (Å²) in [6.45, 7) is 4.03. The number of hydrogen-bond donors (Lipinski definition) is 2. The minimum atomic E-state index is -0.297. The first-order valence-electron chi connectivity index (χ1n) is 8.29. The summed E-state index contributed by atoms with van der Waals surface area (Å²) in [5.74, 6) is -0.165. The van der Waals surface area contributed by atoms with Gasteiger partial charge in [0.2, 0.25) is 5.91 Å². The van der Waals surface area contributed by atoms with E-state index in [-0.39, 0.29) is 23.5 Å². The van der Waals surface area contributed by atoms with Gasteiger partial charge >= 0.3 is 0 Å². The molecule has 3 rings (SSSR count). The summed E-state index contributed by atoms with van der Waals surface area (Å²) in [6.07, 6.45) is 0. The number of amides is 2. The second kappa shape index (κ2) is 7.62. The lowest BCUT2D eigenvalue weighted by Gasteiger charge is -2.09. The number of halogens is 1. The summed E-state index contributed by atoms with van der Waals surface area (Å²) in [7, 11) is 0. The van der Waals surface area contributed by atoms with Crippen molar-refractivity contribution in [1.82, 2.24) is 5.32 Å². The van der Waals surface area contributed by atoms with E-state index < -0.39 is 0 Å². The standard InChI is InChI=1S/C20H19ClN2O3/c1-12(2)19(24)23-16-6-3-13(4-7-16)11-22-20(25)18-10-14-9-15(21)5-8-17(14)26-18/h3-10,12H,11H2,1-2H3,(H,22,25)(H,23,24). The minimum Gasteiger partial charge on any atom is -0.451 e. The first-order valence-corrected chi connectivity index (χ1v) is 8.67. The first kappa shape index (κ1) is 18.0. The molecule has 1 heterocycles. The van der Waals surface area contributed by atoms with Crippen molar-refractivity contribution in [1.29, 1.82) is 0 Å². The van der Waals surface area contributed by atoms with Gasteiger partial charge in [0.1, 0.15) is 5.58 Å². The molecule has 5 nitrogen and oxygen atoms in total. The molecule has 0 radical (unpaired) electrons. The molecule has 0 fully saturated rings. The summed E-state index contributed by atoms with van der Waals surface area (Å²) in [5.41, 5.74) is 2.26. The van der Waals surface area contributed by atoms with Crippen LogP contribution in [-0.4, -0.2) is 11.8 Å². The van der Waals surface area contributed by atoms with Gasteiger partial charge in [0, 0.05) is 28.6 Å². The van der Waals surface area contributed by atoms with Gasteiger partial charge in [-0.25, -0.2) is 0 Å². The molecule has 0 atom stereocenters. The highest BCUT2D eigenvalue weighted by molar-refractivity contribution is 6.31. The zero-order valence-corrected chi connectivity index (χ0v) is 15.3. The molecule has 2 aromatic carbocycles. The molecule has 134 valence electrons. The third-order valence-corrected chi connectivity index (χ3v) is 4.14. The minimum absolute atomic E-state index is 0.0314. The van der Waals surface area contributed by atoms with Crippen molar-refractivity contribution in [2.45, 2.75) is 20.4 Å². The second-order valence-corrected chi connectivity index (χ2v) is 6.75. The molecule has 2 N–H and O–H groups in total. The molecule has 0 aliphatic heterocycles. The van der Waals surface area contributed by atoms with Crippen molar-refractivity contribution in [3.05, 3.63) is 64.9 Å². The third kappa shape index (κ3) is 4.24. The van der Waals surface area contributed by atoms with E-state index in [1.165, 1.54) is 0 Å². The van der Waals surface area contributed by atoms with E-state index in [0.717, 1.165) is 16.6 Å². The fourth-order valence-electron chi connectivity index (χ4n) is 2.39. The summed E-state index contributed by atoms with van der Waals surface area (Å²) in [6, 6.07) is 14.2. The van der Waals surface area contributed by atoms with E-state index in [4.69, 9.17) is 16.0 Å². The van der Waals surface area contributed by atoms with Gasteiger partial charge in [-0.15, -0.1) is 0 Å². The topological polar surface area (TPSA) is 71.3 Å². The molecular formula is C20H19ClN2O3. The van der Waals surface area contributed by atoms with E-state index in [9.17, 15) is 9.59 Å². The number of nitrogens with one attached hydrogen (secondary N) is 2. The number of benzene rings is 2. The van der Waals surface area contributed by atoms with Gasteiger partial charge in [0.05, 0.1) is 0 Å². The van der Waals surface area contributed by atoms with E-state index in [2.05, 4.69) is 10.6 Å². The number of anilines is 1. The van der Waals surface area contributed by atoms with Crippen LogP contribution in [0.3, 0.4) is 0 Å². The third-order valence-electron chi connectivity index (χ3n) is 3.90. The molecule has 3 aromatic rings. The Kier molecular flexibility index (Phi) is 5.28. The average Bonchev–Trinajstić information content (AvgIpc) is 3.04. The fraction of sp³-hybridized carbons (Fsp3) is 0.200. The van der Waals surface area contributed by atoms with Crippen LogP contribution in [0.4, 0.5) is 5.69 Å². The van der Waals surface area contributed by atoms with Gasteiger partial charge in [-0.3, -0.25) is 9.59 Å². The lowest BCUT2D eigenvalue weighted by molar-refractivity contribution is -0.118. The normalized spacial score (nSPS) is 10.9. The van der Waals surface area contributed by atoms with Crippen LogP contribution in [0.25, 0.3) is 11.0 Å². The highest BCUT2D eigenvalue weighted by atomic mass is 35.5. The molecule has 0 saturated heterocycles.